The van der Waals surface area contributed by atoms with Gasteiger partial charge in [0.1, 0.15) is 0 Å². The minimum absolute atomic E-state index is 0. The van der Waals surface area contributed by atoms with E-state index in [0.717, 1.165) is 0 Å². The van der Waals surface area contributed by atoms with Crippen molar-refractivity contribution in [3.05, 3.63) is 0 Å². The van der Waals surface area contributed by atoms with Crippen LogP contribution < -0.4 is 0 Å². The number of hydrogen-bond acceptors (Lipinski definition) is 0. The summed E-state index contributed by atoms with van der Waals surface area (Å²) in [7, 11) is 15.0. The van der Waals surface area contributed by atoms with Crippen LogP contribution in [0.3, 0.4) is 0 Å². The molecule has 0 atom stereocenters. The van der Waals surface area contributed by atoms with Gasteiger partial charge in [-0.15, -0.1) is 0 Å². The average Bonchev–Trinajstić information content (AvgIpc) is 0.811. The summed E-state index contributed by atoms with van der Waals surface area (Å²) >= 11 is -2.03. The second kappa shape index (κ2) is 47.1. The van der Waals surface area contributed by atoms with Crippen molar-refractivity contribution in [1.82, 2.24) is 0 Å². The van der Waals surface area contributed by atoms with E-state index in [1.54, 1.807) is 0 Å². The molecular formula is H12Cl3O6Sb. The molecule has 0 aromatic carbocycles. The van der Waals surface area contributed by atoms with Gasteiger partial charge in [-0.05, 0) is 0 Å². The second-order valence-electron chi connectivity index (χ2n) is 0.192. The summed E-state index contributed by atoms with van der Waals surface area (Å²) in [5.74, 6) is 0. The molecule has 0 rings (SSSR count). The second-order valence-corrected chi connectivity index (χ2v) is 11.6. The molecule has 74 valence electrons. The van der Waals surface area contributed by atoms with Crippen LogP contribution in [0.5, 0.6) is 0 Å². The van der Waals surface area contributed by atoms with E-state index in [9.17, 15) is 0 Å². The summed E-state index contributed by atoms with van der Waals surface area (Å²) in [5, 5.41) is 0. The molecule has 0 radical (unpaired) electrons. The molecule has 0 fully saturated rings. The molecule has 0 saturated heterocycles. The maximum absolute atomic E-state index is 4.99. The summed E-state index contributed by atoms with van der Waals surface area (Å²) in [4.78, 5) is 0. The van der Waals surface area contributed by atoms with E-state index in [1.165, 1.54) is 0 Å². The van der Waals surface area contributed by atoms with Crippen molar-refractivity contribution in [1.29, 1.82) is 0 Å². The summed E-state index contributed by atoms with van der Waals surface area (Å²) in [6, 6.07) is 0. The topological polar surface area (TPSA) is 189 Å². The SMILES string of the molecule is O.O.O.O.O.O.[Cl][Sb]([Cl])[Cl]. The Bertz CT molecular complexity index is 17.7. The van der Waals surface area contributed by atoms with Crippen molar-refractivity contribution < 1.29 is 32.9 Å². The fourth-order valence-electron chi connectivity index (χ4n) is 0. The Balaban J connectivity index is -0.00000000300. The van der Waals surface area contributed by atoms with Gasteiger partial charge in [-0.2, -0.15) is 0 Å². The van der Waals surface area contributed by atoms with Crippen molar-refractivity contribution >= 4 is 43.3 Å². The Morgan fingerprint density at radius 2 is 0.500 bits per heavy atom. The van der Waals surface area contributed by atoms with Gasteiger partial charge in [-0.25, -0.2) is 0 Å². The first-order valence-electron chi connectivity index (χ1n) is 0.507. The van der Waals surface area contributed by atoms with E-state index < -0.39 is 16.8 Å². The molecule has 0 aromatic rings. The first-order chi connectivity index (χ1) is 1.73. The zero-order chi connectivity index (χ0) is 3.58. The first-order valence-corrected chi connectivity index (χ1v) is 10.2. The van der Waals surface area contributed by atoms with Gasteiger partial charge in [0.05, 0.1) is 0 Å². The molecule has 10 heavy (non-hydrogen) atoms. The molecular weight excluding hydrogens is 324 g/mol. The number of hydrogen-bond donors (Lipinski definition) is 0. The first kappa shape index (κ1) is 63.2. The average molecular weight is 336 g/mol. The van der Waals surface area contributed by atoms with Gasteiger partial charge in [0.2, 0.25) is 0 Å². The van der Waals surface area contributed by atoms with Crippen molar-refractivity contribution in [2.75, 3.05) is 0 Å². The van der Waals surface area contributed by atoms with Crippen molar-refractivity contribution in [3.63, 3.8) is 0 Å². The van der Waals surface area contributed by atoms with E-state index in [1.807, 2.05) is 0 Å². The van der Waals surface area contributed by atoms with Crippen LogP contribution in [0.4, 0.5) is 0 Å². The monoisotopic (exact) mass is 334 g/mol. The normalized spacial score (nSPS) is 3.60. The van der Waals surface area contributed by atoms with Crippen LogP contribution in [0, 0.1) is 0 Å². The van der Waals surface area contributed by atoms with Crippen LogP contribution in [-0.4, -0.2) is 49.6 Å². The van der Waals surface area contributed by atoms with Crippen molar-refractivity contribution in [2.45, 2.75) is 0 Å². The van der Waals surface area contributed by atoms with Gasteiger partial charge in [0.25, 0.3) is 0 Å². The predicted molar refractivity (Wildman–Crippen MR) is 45.0 cm³/mol. The molecule has 0 aliphatic rings. The van der Waals surface area contributed by atoms with Crippen LogP contribution in [0.25, 0.3) is 0 Å². The van der Waals surface area contributed by atoms with Gasteiger partial charge in [0, 0.05) is 0 Å². The van der Waals surface area contributed by atoms with Crippen LogP contribution >= 0.6 is 26.5 Å². The van der Waals surface area contributed by atoms with E-state index >= 15 is 0 Å². The van der Waals surface area contributed by atoms with E-state index in [4.69, 9.17) is 26.5 Å². The van der Waals surface area contributed by atoms with E-state index in [-0.39, 0.29) is 32.9 Å². The third-order valence-corrected chi connectivity index (χ3v) is 0. The maximum atomic E-state index is 4.99. The summed E-state index contributed by atoms with van der Waals surface area (Å²) < 4.78 is 0. The Hall–Kier alpha value is 1.45. The van der Waals surface area contributed by atoms with Gasteiger partial charge in [0.15, 0.2) is 0 Å². The van der Waals surface area contributed by atoms with Crippen LogP contribution in [-0.2, 0) is 0 Å². The molecule has 0 amide bonds. The molecule has 0 bridgehead atoms. The molecule has 0 spiro atoms. The van der Waals surface area contributed by atoms with E-state index in [0.29, 0.717) is 0 Å². The van der Waals surface area contributed by atoms with Crippen LogP contribution in [0.2, 0.25) is 0 Å². The number of halogens is 3. The van der Waals surface area contributed by atoms with Gasteiger partial charge in [-0.3, -0.25) is 0 Å². The standard InChI is InChI=1S/3ClH.6H2O.Sb/h3*1H;6*1H2;/q;;;;;;;;;+3/p-3. The van der Waals surface area contributed by atoms with Gasteiger partial charge in [-0.1, -0.05) is 0 Å². The van der Waals surface area contributed by atoms with Gasteiger partial charge >= 0.3 is 43.3 Å². The number of rotatable bonds is 0. The molecule has 0 aliphatic heterocycles. The molecule has 0 heterocycles. The summed E-state index contributed by atoms with van der Waals surface area (Å²) in [6.07, 6.45) is 0. The Labute approximate surface area is 75.9 Å². The summed E-state index contributed by atoms with van der Waals surface area (Å²) in [5.41, 5.74) is 0. The third kappa shape index (κ3) is 322. The fraction of sp³-hybridized carbons (Fsp3) is 0. The molecule has 10 heteroatoms. The molecule has 0 aliphatic carbocycles. The quantitative estimate of drug-likeness (QED) is 0.402. The van der Waals surface area contributed by atoms with Crippen molar-refractivity contribution in [2.24, 2.45) is 0 Å². The van der Waals surface area contributed by atoms with Crippen LogP contribution in [0.15, 0.2) is 0 Å². The minimum atomic E-state index is -2.03. The Morgan fingerprint density at radius 3 is 0.500 bits per heavy atom. The predicted octanol–water partition coefficient (Wildman–Crippen LogP) is -3.26. The third-order valence-electron chi connectivity index (χ3n) is 0. The van der Waals surface area contributed by atoms with Gasteiger partial charge < -0.3 is 32.9 Å². The fourth-order valence-corrected chi connectivity index (χ4v) is 0. The van der Waals surface area contributed by atoms with Crippen molar-refractivity contribution in [3.8, 4) is 0 Å². The Kier molecular flexibility index (Phi) is 298. The molecule has 0 unspecified atom stereocenters. The molecule has 0 aromatic heterocycles. The Morgan fingerprint density at radius 1 is 0.500 bits per heavy atom. The summed E-state index contributed by atoms with van der Waals surface area (Å²) in [6.45, 7) is 0. The molecule has 12 N–H and O–H groups in total. The molecule has 6 nitrogen and oxygen atoms in total. The zero-order valence-electron chi connectivity index (χ0n) is 4.58. The van der Waals surface area contributed by atoms with E-state index in [2.05, 4.69) is 0 Å². The zero-order valence-corrected chi connectivity index (χ0v) is 9.40. The van der Waals surface area contributed by atoms with Crippen LogP contribution in [0.1, 0.15) is 0 Å². The molecule has 0 saturated carbocycles.